The third-order valence-corrected chi connectivity index (χ3v) is 7.37. The minimum atomic E-state index is 0. The Hall–Kier alpha value is -5.62. The van der Waals surface area contributed by atoms with E-state index in [1.165, 1.54) is 22.3 Å². The molecule has 4 aromatic rings. The van der Waals surface area contributed by atoms with Gasteiger partial charge in [0.2, 0.25) is 0 Å². The Morgan fingerprint density at radius 1 is 0.867 bits per heavy atom. The first-order chi connectivity index (χ1) is 21.7. The summed E-state index contributed by atoms with van der Waals surface area (Å²) >= 11 is 0. The summed E-state index contributed by atoms with van der Waals surface area (Å²) in [7, 11) is 0. The van der Waals surface area contributed by atoms with E-state index in [0.29, 0.717) is 0 Å². The van der Waals surface area contributed by atoms with Crippen LogP contribution < -0.4 is 11.1 Å². The quantitative estimate of drug-likeness (QED) is 0.141. The van der Waals surface area contributed by atoms with E-state index in [1.807, 2.05) is 54.7 Å². The molecule has 0 saturated heterocycles. The average Bonchev–Trinajstić information content (AvgIpc) is 3.35. The van der Waals surface area contributed by atoms with E-state index in [0.717, 1.165) is 41.0 Å². The highest BCUT2D eigenvalue weighted by molar-refractivity contribution is 5.81. The molecule has 0 spiro atoms. The van der Waals surface area contributed by atoms with Crippen LogP contribution in [0.2, 0.25) is 0 Å². The Balaban J connectivity index is 0.00000461. The molecule has 1 aliphatic carbocycles. The van der Waals surface area contributed by atoms with Crippen molar-refractivity contribution in [3.8, 4) is 0 Å². The van der Waals surface area contributed by atoms with Crippen molar-refractivity contribution in [2.24, 2.45) is 0 Å². The van der Waals surface area contributed by atoms with Crippen LogP contribution in [0.4, 0.5) is 11.4 Å². The Morgan fingerprint density at radius 3 is 2.40 bits per heavy atom. The number of nitrogens with zero attached hydrogens (tertiary/aromatic N) is 1. The normalized spacial score (nSPS) is 12.1. The number of para-hydroxylation sites is 1. The minimum absolute atomic E-state index is 0. The molecule has 0 bridgehead atoms. The Morgan fingerprint density at radius 2 is 1.62 bits per heavy atom. The van der Waals surface area contributed by atoms with E-state index in [2.05, 4.69) is 145 Å². The topological polar surface area (TPSA) is 38.2 Å². The maximum atomic E-state index is 3.87. The number of hydrogen-bond acceptors (Lipinski definition) is 2. The van der Waals surface area contributed by atoms with Gasteiger partial charge in [0, 0.05) is 11.8 Å². The third kappa shape index (κ3) is 8.94. The predicted molar refractivity (Wildman–Crippen MR) is 196 cm³/mol. The first-order valence-electron chi connectivity index (χ1n) is 15.0. The summed E-state index contributed by atoms with van der Waals surface area (Å²) in [5.74, 6) is 0. The molecule has 222 valence electrons. The van der Waals surface area contributed by atoms with Gasteiger partial charge in [-0.2, -0.15) is 0 Å². The first kappa shape index (κ1) is 32.3. The summed E-state index contributed by atoms with van der Waals surface area (Å²) < 4.78 is 0. The summed E-state index contributed by atoms with van der Waals surface area (Å²) in [5.41, 5.74) is 17.2. The molecule has 0 atom stereocenters. The lowest BCUT2D eigenvalue weighted by Gasteiger charge is -2.29. The van der Waals surface area contributed by atoms with Crippen LogP contribution in [0, 0.1) is 6.92 Å². The monoisotopic (exact) mass is 584 g/mol. The molecule has 4 aromatic carbocycles. The number of rotatable bonds is 11. The third-order valence-electron chi connectivity index (χ3n) is 7.37. The van der Waals surface area contributed by atoms with E-state index < -0.39 is 0 Å². The molecular formula is C43H40N2. The fourth-order valence-electron chi connectivity index (χ4n) is 5.15. The van der Waals surface area contributed by atoms with Gasteiger partial charge in [-0.05, 0) is 95.7 Å². The molecule has 0 amide bonds. The fraction of sp³-hybridized carbons (Fsp3) is 0.0698. The van der Waals surface area contributed by atoms with Crippen molar-refractivity contribution in [3.05, 3.63) is 209 Å². The van der Waals surface area contributed by atoms with Crippen LogP contribution in [0.1, 0.15) is 34.2 Å². The van der Waals surface area contributed by atoms with Crippen molar-refractivity contribution in [2.45, 2.75) is 19.8 Å². The zero-order valence-corrected chi connectivity index (χ0v) is 25.9. The second-order valence-corrected chi connectivity index (χ2v) is 10.5. The van der Waals surface area contributed by atoms with E-state index in [4.69, 9.17) is 0 Å². The standard InChI is InChI=1S/C43H37N.H3N/c1-3-4-24-39-26-17-18-29-43(39)44(41-27-13-5-6-14-28-41)42-33-32-40(34-35(42)2)38(31-30-37-21-11-8-12-22-37)25-16-15-23-36-19-9-7-10-20-36;/h3-13,16-24,26-29,31-34H,1,25,30H2,2H3;1H3/b24-4-,38-31+;. The van der Waals surface area contributed by atoms with Gasteiger partial charge in [-0.3, -0.25) is 0 Å². The highest BCUT2D eigenvalue weighted by Crippen LogP contribution is 2.37. The number of hydrogen-bond donors (Lipinski definition) is 1. The molecule has 0 radical (unpaired) electrons. The van der Waals surface area contributed by atoms with Crippen LogP contribution >= 0.6 is 0 Å². The van der Waals surface area contributed by atoms with Crippen molar-refractivity contribution in [3.63, 3.8) is 0 Å². The minimum Gasteiger partial charge on any atom is -0.344 e. The van der Waals surface area contributed by atoms with Gasteiger partial charge in [-0.25, -0.2) is 0 Å². The summed E-state index contributed by atoms with van der Waals surface area (Å²) in [6, 6.07) is 36.2. The summed E-state index contributed by atoms with van der Waals surface area (Å²) in [6.45, 7) is 6.07. The average molecular weight is 585 g/mol. The number of aryl methyl sites for hydroxylation is 1. The number of benzene rings is 4. The van der Waals surface area contributed by atoms with E-state index >= 15 is 0 Å². The van der Waals surface area contributed by atoms with Crippen LogP contribution in [-0.4, -0.2) is 0 Å². The molecule has 5 rings (SSSR count). The van der Waals surface area contributed by atoms with Crippen molar-refractivity contribution < 1.29 is 0 Å². The molecule has 0 unspecified atom stereocenters. The fourth-order valence-corrected chi connectivity index (χ4v) is 5.15. The summed E-state index contributed by atoms with van der Waals surface area (Å²) in [4.78, 5) is 2.31. The molecule has 1 aliphatic rings. The van der Waals surface area contributed by atoms with Gasteiger partial charge >= 0.3 is 0 Å². The maximum absolute atomic E-state index is 3.87. The van der Waals surface area contributed by atoms with Crippen LogP contribution in [-0.2, 0) is 6.42 Å². The van der Waals surface area contributed by atoms with Crippen LogP contribution in [0.25, 0.3) is 17.7 Å². The van der Waals surface area contributed by atoms with Crippen molar-refractivity contribution in [1.29, 1.82) is 0 Å². The van der Waals surface area contributed by atoms with Gasteiger partial charge in [0.15, 0.2) is 0 Å². The van der Waals surface area contributed by atoms with E-state index in [1.54, 1.807) is 0 Å². The zero-order valence-electron chi connectivity index (χ0n) is 25.9. The molecular weight excluding hydrogens is 544 g/mol. The summed E-state index contributed by atoms with van der Waals surface area (Å²) in [5, 5.41) is 0. The predicted octanol–water partition coefficient (Wildman–Crippen LogP) is 11.5. The van der Waals surface area contributed by atoms with Crippen LogP contribution in [0.5, 0.6) is 0 Å². The zero-order chi connectivity index (χ0) is 30.4. The highest BCUT2D eigenvalue weighted by atomic mass is 15.1. The Bertz CT molecular complexity index is 1840. The molecule has 0 aliphatic heterocycles. The van der Waals surface area contributed by atoms with Gasteiger partial charge in [0.05, 0.1) is 11.4 Å². The molecule has 0 heterocycles. The van der Waals surface area contributed by atoms with Crippen molar-refractivity contribution >= 4 is 29.1 Å². The number of anilines is 2. The van der Waals surface area contributed by atoms with Crippen LogP contribution in [0.3, 0.4) is 0 Å². The lowest BCUT2D eigenvalue weighted by atomic mass is 9.96. The second kappa shape index (κ2) is 16.9. The summed E-state index contributed by atoms with van der Waals surface area (Å²) in [6.07, 6.45) is 24.2. The van der Waals surface area contributed by atoms with Gasteiger partial charge < -0.3 is 11.1 Å². The van der Waals surface area contributed by atoms with Gasteiger partial charge in [-0.1, -0.05) is 128 Å². The second-order valence-electron chi connectivity index (χ2n) is 10.5. The van der Waals surface area contributed by atoms with Crippen LogP contribution in [0.15, 0.2) is 182 Å². The van der Waals surface area contributed by atoms with Gasteiger partial charge in [0.25, 0.3) is 0 Å². The molecule has 45 heavy (non-hydrogen) atoms. The highest BCUT2D eigenvalue weighted by Gasteiger charge is 2.18. The lowest BCUT2D eigenvalue weighted by molar-refractivity contribution is 1.18. The van der Waals surface area contributed by atoms with Crippen molar-refractivity contribution in [2.75, 3.05) is 4.90 Å². The van der Waals surface area contributed by atoms with Crippen molar-refractivity contribution in [1.82, 2.24) is 6.15 Å². The first-order valence-corrected chi connectivity index (χ1v) is 15.0. The SMILES string of the molecule is C=C/C=C\c1ccccc1N(C1=CC=CC=C=C1)c1ccc(/C(=C/Cc2ccccc2)CC=C=Cc2ccccc2)cc1C.N. The Labute approximate surface area is 268 Å². The van der Waals surface area contributed by atoms with E-state index in [9.17, 15) is 0 Å². The van der Waals surface area contributed by atoms with Gasteiger partial charge in [-0.15, -0.1) is 11.5 Å². The molecule has 0 aromatic heterocycles. The molecule has 0 fully saturated rings. The molecule has 0 saturated carbocycles. The largest absolute Gasteiger partial charge is 0.344 e. The smallest absolute Gasteiger partial charge is 0.0539 e. The van der Waals surface area contributed by atoms with Gasteiger partial charge in [0.1, 0.15) is 0 Å². The maximum Gasteiger partial charge on any atom is 0.0539 e. The molecule has 2 nitrogen and oxygen atoms in total. The van der Waals surface area contributed by atoms with E-state index in [-0.39, 0.29) is 6.15 Å². The molecule has 2 heteroatoms. The Kier molecular flexibility index (Phi) is 12.1. The number of allylic oxidation sites excluding steroid dienone is 9. The lowest BCUT2D eigenvalue weighted by Crippen LogP contribution is -2.17. The molecule has 3 N–H and O–H groups in total.